The fraction of sp³-hybridized carbons (Fsp3) is 0.400. The van der Waals surface area contributed by atoms with Gasteiger partial charge in [-0.15, -0.1) is 0 Å². The third kappa shape index (κ3) is 4.34. The van der Waals surface area contributed by atoms with Crippen molar-refractivity contribution in [2.45, 2.75) is 13.8 Å². The van der Waals surface area contributed by atoms with E-state index in [0.717, 1.165) is 18.2 Å². The molecule has 1 rings (SSSR count). The van der Waals surface area contributed by atoms with Gasteiger partial charge in [-0.2, -0.15) is 0 Å². The predicted octanol–water partition coefficient (Wildman–Crippen LogP) is 1.90. The molecule has 1 aromatic rings. The maximum Gasteiger partial charge on any atom is 0.317 e. The minimum atomic E-state index is -0.778. The number of ether oxygens (including phenoxy) is 1. The first-order valence-corrected chi connectivity index (χ1v) is 5.22. The average molecular weight is 258 g/mol. The summed E-state index contributed by atoms with van der Waals surface area (Å²) in [5.74, 6) is -0.107. The molecule has 0 saturated carbocycles. The number of non-ortho nitro benzene ring substituents is 1. The lowest BCUT2D eigenvalue weighted by molar-refractivity contribution is -0.394. The average Bonchev–Trinajstić information content (AvgIpc) is 2.38. The first-order chi connectivity index (χ1) is 8.56. The molecule has 18 heavy (non-hydrogen) atoms. The van der Waals surface area contributed by atoms with Crippen LogP contribution in [0.2, 0.25) is 0 Å². The maximum atomic E-state index is 10.6. The molecule has 0 radical (unpaired) electrons. The standard InChI is InChI=1S/C8H8N2O6.C2H6/c11-3-4-16-8-2-1-6(9(12)13)5-7(8)10(14)15;1-2/h1-2,5,11H,3-4H2;1-2H3. The van der Waals surface area contributed by atoms with Crippen LogP contribution in [0, 0.1) is 20.2 Å². The normalized spacial score (nSPS) is 9.06. The number of nitro benzene ring substituents is 2. The highest BCUT2D eigenvalue weighted by Crippen LogP contribution is 2.30. The van der Waals surface area contributed by atoms with E-state index in [4.69, 9.17) is 9.84 Å². The molecule has 0 atom stereocenters. The van der Waals surface area contributed by atoms with Crippen LogP contribution < -0.4 is 4.74 Å². The van der Waals surface area contributed by atoms with Gasteiger partial charge in [0.15, 0.2) is 5.75 Å². The Morgan fingerprint density at radius 1 is 1.22 bits per heavy atom. The Kier molecular flexibility index (Phi) is 6.98. The number of hydrogen-bond donors (Lipinski definition) is 1. The van der Waals surface area contributed by atoms with Crippen LogP contribution in [0.4, 0.5) is 11.4 Å². The number of nitrogens with zero attached hydrogens (tertiary/aromatic N) is 2. The van der Waals surface area contributed by atoms with E-state index in [-0.39, 0.29) is 24.7 Å². The monoisotopic (exact) mass is 258 g/mol. The van der Waals surface area contributed by atoms with Crippen molar-refractivity contribution in [3.05, 3.63) is 38.4 Å². The van der Waals surface area contributed by atoms with Crippen molar-refractivity contribution in [2.24, 2.45) is 0 Å². The van der Waals surface area contributed by atoms with Crippen molar-refractivity contribution in [1.29, 1.82) is 0 Å². The molecule has 1 N–H and O–H groups in total. The van der Waals surface area contributed by atoms with Gasteiger partial charge >= 0.3 is 5.69 Å². The van der Waals surface area contributed by atoms with E-state index in [1.54, 1.807) is 0 Å². The van der Waals surface area contributed by atoms with E-state index in [2.05, 4.69) is 0 Å². The summed E-state index contributed by atoms with van der Waals surface area (Å²) in [7, 11) is 0. The van der Waals surface area contributed by atoms with E-state index in [0.29, 0.717) is 0 Å². The summed E-state index contributed by atoms with van der Waals surface area (Å²) in [6, 6.07) is 3.04. The number of rotatable bonds is 5. The molecule has 100 valence electrons. The summed E-state index contributed by atoms with van der Waals surface area (Å²) in [6.45, 7) is 3.59. The largest absolute Gasteiger partial charge is 0.484 e. The van der Waals surface area contributed by atoms with Crippen LogP contribution in [0.5, 0.6) is 5.75 Å². The molecule has 8 heteroatoms. The predicted molar refractivity (Wildman–Crippen MR) is 63.7 cm³/mol. The summed E-state index contributed by atoms with van der Waals surface area (Å²) >= 11 is 0. The molecule has 0 heterocycles. The molecule has 0 aromatic heterocycles. The van der Waals surface area contributed by atoms with Crippen LogP contribution in [-0.2, 0) is 0 Å². The topological polar surface area (TPSA) is 116 Å². The Bertz CT molecular complexity index is 421. The van der Waals surface area contributed by atoms with Gasteiger partial charge in [0.1, 0.15) is 6.61 Å². The quantitative estimate of drug-likeness (QED) is 0.636. The zero-order valence-corrected chi connectivity index (χ0v) is 10.0. The van der Waals surface area contributed by atoms with Crippen molar-refractivity contribution in [2.75, 3.05) is 13.2 Å². The number of nitro groups is 2. The van der Waals surface area contributed by atoms with Gasteiger partial charge in [0.25, 0.3) is 5.69 Å². The lowest BCUT2D eigenvalue weighted by Gasteiger charge is -2.04. The van der Waals surface area contributed by atoms with Crippen LogP contribution in [0.1, 0.15) is 13.8 Å². The van der Waals surface area contributed by atoms with Gasteiger partial charge in [-0.1, -0.05) is 13.8 Å². The zero-order chi connectivity index (χ0) is 14.1. The number of aliphatic hydroxyl groups excluding tert-OH is 1. The van der Waals surface area contributed by atoms with Crippen molar-refractivity contribution in [1.82, 2.24) is 0 Å². The van der Waals surface area contributed by atoms with Gasteiger partial charge in [0, 0.05) is 6.07 Å². The lowest BCUT2D eigenvalue weighted by Crippen LogP contribution is -2.04. The summed E-state index contributed by atoms with van der Waals surface area (Å²) in [4.78, 5) is 19.5. The van der Waals surface area contributed by atoms with Crippen LogP contribution in [0.15, 0.2) is 18.2 Å². The molecule has 0 unspecified atom stereocenters. The van der Waals surface area contributed by atoms with E-state index in [1.165, 1.54) is 0 Å². The minimum Gasteiger partial charge on any atom is -0.484 e. The van der Waals surface area contributed by atoms with Crippen molar-refractivity contribution >= 4 is 11.4 Å². The highest BCUT2D eigenvalue weighted by atomic mass is 16.6. The van der Waals surface area contributed by atoms with Gasteiger partial charge in [-0.25, -0.2) is 0 Å². The second kappa shape index (κ2) is 7.96. The second-order valence-electron chi connectivity index (χ2n) is 2.74. The van der Waals surface area contributed by atoms with E-state index >= 15 is 0 Å². The van der Waals surface area contributed by atoms with Crippen molar-refractivity contribution in [3.63, 3.8) is 0 Å². The molecule has 0 amide bonds. The smallest absolute Gasteiger partial charge is 0.317 e. The molecule has 0 bridgehead atoms. The lowest BCUT2D eigenvalue weighted by atomic mass is 10.2. The molecule has 8 nitrogen and oxygen atoms in total. The summed E-state index contributed by atoms with van der Waals surface area (Å²) in [6.07, 6.45) is 0. The molecule has 0 aliphatic rings. The molecule has 0 saturated heterocycles. The van der Waals surface area contributed by atoms with Gasteiger partial charge in [-0.05, 0) is 6.07 Å². The number of hydrogen-bond acceptors (Lipinski definition) is 6. The van der Waals surface area contributed by atoms with E-state index in [9.17, 15) is 20.2 Å². The fourth-order valence-corrected chi connectivity index (χ4v) is 1.04. The van der Waals surface area contributed by atoms with Crippen LogP contribution in [0.25, 0.3) is 0 Å². The van der Waals surface area contributed by atoms with Gasteiger partial charge < -0.3 is 9.84 Å². The Balaban J connectivity index is 0.00000137. The Morgan fingerprint density at radius 3 is 2.28 bits per heavy atom. The Morgan fingerprint density at radius 2 is 1.83 bits per heavy atom. The first-order valence-electron chi connectivity index (χ1n) is 5.22. The van der Waals surface area contributed by atoms with Crippen LogP contribution in [-0.4, -0.2) is 28.2 Å². The van der Waals surface area contributed by atoms with Crippen LogP contribution >= 0.6 is 0 Å². The van der Waals surface area contributed by atoms with Gasteiger partial charge in [-0.3, -0.25) is 20.2 Å². The zero-order valence-electron chi connectivity index (χ0n) is 10.0. The highest BCUT2D eigenvalue weighted by molar-refractivity contribution is 5.53. The van der Waals surface area contributed by atoms with Crippen molar-refractivity contribution < 1.29 is 19.7 Å². The molecular weight excluding hydrogens is 244 g/mol. The second-order valence-corrected chi connectivity index (χ2v) is 2.74. The van der Waals surface area contributed by atoms with Crippen molar-refractivity contribution in [3.8, 4) is 5.75 Å². The number of benzene rings is 1. The molecular formula is C10H14N2O6. The molecule has 1 aromatic carbocycles. The highest BCUT2D eigenvalue weighted by Gasteiger charge is 2.20. The molecule has 0 spiro atoms. The van der Waals surface area contributed by atoms with E-state index < -0.39 is 15.5 Å². The minimum absolute atomic E-state index is 0.107. The van der Waals surface area contributed by atoms with E-state index in [1.807, 2.05) is 13.8 Å². The van der Waals surface area contributed by atoms with Crippen LogP contribution in [0.3, 0.4) is 0 Å². The van der Waals surface area contributed by atoms with Gasteiger partial charge in [0.2, 0.25) is 0 Å². The van der Waals surface area contributed by atoms with Gasteiger partial charge in [0.05, 0.1) is 22.5 Å². The third-order valence-corrected chi connectivity index (χ3v) is 1.70. The maximum absolute atomic E-state index is 10.6. The first kappa shape index (κ1) is 15.8. The molecule has 0 aliphatic heterocycles. The number of aliphatic hydroxyl groups is 1. The SMILES string of the molecule is CC.O=[N+]([O-])c1ccc(OCCO)c([N+](=O)[O-])c1. The summed E-state index contributed by atoms with van der Waals surface area (Å²) < 4.78 is 4.87. The Labute approximate surface area is 103 Å². The molecule has 0 aliphatic carbocycles. The summed E-state index contributed by atoms with van der Waals surface area (Å²) in [5, 5.41) is 29.5. The third-order valence-electron chi connectivity index (χ3n) is 1.70. The molecule has 0 fully saturated rings. The fourth-order valence-electron chi connectivity index (χ4n) is 1.04. The Hall–Kier alpha value is -2.22. The summed E-state index contributed by atoms with van der Waals surface area (Å²) in [5.41, 5.74) is -0.884.